The quantitative estimate of drug-likeness (QED) is 0.824. The molecule has 82 valence electrons. The molecule has 0 saturated carbocycles. The maximum Gasteiger partial charge on any atom is 0.226 e. The topological polar surface area (TPSA) is 52.3 Å². The van der Waals surface area contributed by atoms with E-state index in [0.717, 1.165) is 0 Å². The molecule has 4 heteroatoms. The van der Waals surface area contributed by atoms with Gasteiger partial charge in [-0.15, -0.1) is 0 Å². The summed E-state index contributed by atoms with van der Waals surface area (Å²) in [5.74, 6) is -0.230. The van der Waals surface area contributed by atoms with Gasteiger partial charge in [-0.25, -0.2) is 4.39 Å². The van der Waals surface area contributed by atoms with E-state index in [1.165, 1.54) is 24.3 Å². The minimum Gasteiger partial charge on any atom is -0.492 e. The Morgan fingerprint density at radius 3 is 2.40 bits per heavy atom. The predicted molar refractivity (Wildman–Crippen MR) is 54.9 cm³/mol. The fourth-order valence-corrected chi connectivity index (χ4v) is 0.866. The first-order chi connectivity index (χ1) is 6.92. The average Bonchev–Trinajstić information content (AvgIpc) is 2.17. The fraction of sp³-hybridized carbons (Fsp3) is 0.364. The highest BCUT2D eigenvalue weighted by atomic mass is 19.1. The summed E-state index contributed by atoms with van der Waals surface area (Å²) >= 11 is 0. The van der Waals surface area contributed by atoms with Crippen LogP contribution in [0.2, 0.25) is 0 Å². The van der Waals surface area contributed by atoms with Crippen LogP contribution in [0.5, 0.6) is 5.75 Å². The Hall–Kier alpha value is -1.58. The van der Waals surface area contributed by atoms with Gasteiger partial charge in [0, 0.05) is 0 Å². The summed E-state index contributed by atoms with van der Waals surface area (Å²) in [7, 11) is 0. The van der Waals surface area contributed by atoms with Crippen molar-refractivity contribution in [3.8, 4) is 5.75 Å². The van der Waals surface area contributed by atoms with Gasteiger partial charge in [-0.1, -0.05) is 0 Å². The van der Waals surface area contributed by atoms with Crippen LogP contribution in [0.25, 0.3) is 0 Å². The number of rotatable bonds is 4. The molecular weight excluding hydrogens is 197 g/mol. The molecular formula is C11H14FNO2. The molecule has 0 aliphatic heterocycles. The Morgan fingerprint density at radius 1 is 1.40 bits per heavy atom. The number of hydrogen-bond donors (Lipinski definition) is 1. The van der Waals surface area contributed by atoms with Crippen molar-refractivity contribution in [2.24, 2.45) is 11.1 Å². The van der Waals surface area contributed by atoms with E-state index in [1.807, 2.05) is 0 Å². The number of halogens is 1. The molecule has 0 spiro atoms. The van der Waals surface area contributed by atoms with Gasteiger partial charge in [0.2, 0.25) is 5.91 Å². The van der Waals surface area contributed by atoms with Gasteiger partial charge in [0.15, 0.2) is 0 Å². The zero-order chi connectivity index (χ0) is 11.5. The number of primary amides is 1. The number of ether oxygens (including phenoxy) is 1. The van der Waals surface area contributed by atoms with Crippen LogP contribution >= 0.6 is 0 Å². The largest absolute Gasteiger partial charge is 0.492 e. The summed E-state index contributed by atoms with van der Waals surface area (Å²) in [6, 6.07) is 5.61. The molecule has 0 aliphatic carbocycles. The van der Waals surface area contributed by atoms with Gasteiger partial charge in [-0.3, -0.25) is 4.79 Å². The molecule has 0 radical (unpaired) electrons. The SMILES string of the molecule is CC(C)(COc1ccc(F)cc1)C(N)=O. The Balaban J connectivity index is 2.57. The summed E-state index contributed by atoms with van der Waals surface area (Å²) in [5, 5.41) is 0. The second-order valence-corrected chi connectivity index (χ2v) is 3.99. The van der Waals surface area contributed by atoms with Crippen molar-refractivity contribution < 1.29 is 13.9 Å². The first kappa shape index (κ1) is 11.5. The van der Waals surface area contributed by atoms with Crippen LogP contribution in [0, 0.1) is 11.2 Å². The van der Waals surface area contributed by atoms with Crippen LogP contribution in [0.1, 0.15) is 13.8 Å². The molecule has 0 fully saturated rings. The summed E-state index contributed by atoms with van der Waals surface area (Å²) < 4.78 is 17.9. The lowest BCUT2D eigenvalue weighted by atomic mass is 9.94. The third-order valence-electron chi connectivity index (χ3n) is 2.08. The third kappa shape index (κ3) is 3.23. The number of carbonyl (C=O) groups is 1. The van der Waals surface area contributed by atoms with Gasteiger partial charge in [-0.2, -0.15) is 0 Å². The molecule has 1 rings (SSSR count). The van der Waals surface area contributed by atoms with E-state index in [9.17, 15) is 9.18 Å². The second kappa shape index (κ2) is 4.29. The maximum absolute atomic E-state index is 12.6. The number of hydrogen-bond acceptors (Lipinski definition) is 2. The van der Waals surface area contributed by atoms with Crippen molar-refractivity contribution in [2.75, 3.05) is 6.61 Å². The smallest absolute Gasteiger partial charge is 0.226 e. The van der Waals surface area contributed by atoms with E-state index in [-0.39, 0.29) is 12.4 Å². The fourth-order valence-electron chi connectivity index (χ4n) is 0.866. The number of benzene rings is 1. The molecule has 2 N–H and O–H groups in total. The van der Waals surface area contributed by atoms with E-state index < -0.39 is 11.3 Å². The van der Waals surface area contributed by atoms with Crippen molar-refractivity contribution in [3.63, 3.8) is 0 Å². The highest BCUT2D eigenvalue weighted by Gasteiger charge is 2.25. The summed E-state index contributed by atoms with van der Waals surface area (Å²) in [6.07, 6.45) is 0. The molecule has 0 saturated heterocycles. The summed E-state index contributed by atoms with van der Waals surface area (Å²) in [6.45, 7) is 3.56. The summed E-state index contributed by atoms with van der Waals surface area (Å²) in [5.41, 5.74) is 4.45. The van der Waals surface area contributed by atoms with Crippen LogP contribution in [-0.4, -0.2) is 12.5 Å². The highest BCUT2D eigenvalue weighted by Crippen LogP contribution is 2.18. The highest BCUT2D eigenvalue weighted by molar-refractivity contribution is 5.80. The van der Waals surface area contributed by atoms with Gasteiger partial charge in [0.25, 0.3) is 0 Å². The molecule has 0 aromatic heterocycles. The molecule has 1 aromatic rings. The molecule has 0 unspecified atom stereocenters. The molecule has 0 bridgehead atoms. The van der Waals surface area contributed by atoms with Crippen molar-refractivity contribution in [2.45, 2.75) is 13.8 Å². The second-order valence-electron chi connectivity index (χ2n) is 3.99. The lowest BCUT2D eigenvalue weighted by molar-refractivity contribution is -0.127. The van der Waals surface area contributed by atoms with Crippen LogP contribution in [-0.2, 0) is 4.79 Å². The lowest BCUT2D eigenvalue weighted by Gasteiger charge is -2.20. The zero-order valence-electron chi connectivity index (χ0n) is 8.79. The Labute approximate surface area is 88.0 Å². The van der Waals surface area contributed by atoms with Crippen molar-refractivity contribution >= 4 is 5.91 Å². The lowest BCUT2D eigenvalue weighted by Crippen LogP contribution is -2.36. The van der Waals surface area contributed by atoms with Crippen molar-refractivity contribution in [3.05, 3.63) is 30.1 Å². The molecule has 0 aliphatic rings. The predicted octanol–water partition coefficient (Wildman–Crippen LogP) is 1.72. The molecule has 1 aromatic carbocycles. The maximum atomic E-state index is 12.6. The first-order valence-electron chi connectivity index (χ1n) is 4.60. The first-order valence-corrected chi connectivity index (χ1v) is 4.60. The molecule has 0 heterocycles. The number of carbonyl (C=O) groups excluding carboxylic acids is 1. The van der Waals surface area contributed by atoms with E-state index in [0.29, 0.717) is 5.75 Å². The Kier molecular flexibility index (Phi) is 3.29. The van der Waals surface area contributed by atoms with E-state index in [2.05, 4.69) is 0 Å². The monoisotopic (exact) mass is 211 g/mol. The zero-order valence-corrected chi connectivity index (χ0v) is 8.79. The van der Waals surface area contributed by atoms with Gasteiger partial charge in [0.1, 0.15) is 18.2 Å². The summed E-state index contributed by atoms with van der Waals surface area (Å²) in [4.78, 5) is 11.0. The van der Waals surface area contributed by atoms with Gasteiger partial charge < -0.3 is 10.5 Å². The van der Waals surface area contributed by atoms with Crippen LogP contribution in [0.3, 0.4) is 0 Å². The van der Waals surface area contributed by atoms with E-state index in [4.69, 9.17) is 10.5 Å². The van der Waals surface area contributed by atoms with Crippen molar-refractivity contribution in [1.29, 1.82) is 0 Å². The van der Waals surface area contributed by atoms with Gasteiger partial charge >= 0.3 is 0 Å². The van der Waals surface area contributed by atoms with E-state index in [1.54, 1.807) is 13.8 Å². The minimum atomic E-state index is -0.728. The molecule has 0 atom stereocenters. The standard InChI is InChI=1S/C11H14FNO2/c1-11(2,10(13)14)7-15-9-5-3-8(12)4-6-9/h3-6H,7H2,1-2H3,(H2,13,14). The Bertz CT molecular complexity index is 346. The van der Waals surface area contributed by atoms with Crippen LogP contribution in [0.4, 0.5) is 4.39 Å². The van der Waals surface area contributed by atoms with Gasteiger partial charge in [0.05, 0.1) is 5.41 Å². The molecule has 15 heavy (non-hydrogen) atoms. The third-order valence-corrected chi connectivity index (χ3v) is 2.08. The van der Waals surface area contributed by atoms with Crippen LogP contribution < -0.4 is 10.5 Å². The normalized spacial score (nSPS) is 11.1. The van der Waals surface area contributed by atoms with E-state index >= 15 is 0 Å². The average molecular weight is 211 g/mol. The van der Waals surface area contributed by atoms with Gasteiger partial charge in [-0.05, 0) is 38.1 Å². The molecule has 3 nitrogen and oxygen atoms in total. The number of amides is 1. The number of nitrogens with two attached hydrogens (primary N) is 1. The minimum absolute atomic E-state index is 0.175. The van der Waals surface area contributed by atoms with Crippen LogP contribution in [0.15, 0.2) is 24.3 Å². The Morgan fingerprint density at radius 2 is 1.93 bits per heavy atom. The van der Waals surface area contributed by atoms with Crippen molar-refractivity contribution in [1.82, 2.24) is 0 Å². The molecule has 1 amide bonds.